The molecule has 2 N–H and O–H groups in total. The summed E-state index contributed by atoms with van der Waals surface area (Å²) in [7, 11) is 1.66. The molecule has 8 nitrogen and oxygen atoms in total. The molecule has 0 saturated carbocycles. The van der Waals surface area contributed by atoms with Crippen LogP contribution in [0.15, 0.2) is 107 Å². The number of nitrogens with zero attached hydrogens (tertiary/aromatic N) is 3. The molecule has 328 valence electrons. The molecule has 0 spiro atoms. The zero-order valence-electron chi connectivity index (χ0n) is 38.4. The normalized spacial score (nSPS) is 16.0. The number of aliphatic imine (C=N–C) groups is 2. The highest BCUT2D eigenvalue weighted by atomic mass is 16.5. The van der Waals surface area contributed by atoms with Gasteiger partial charge in [0.05, 0.1) is 31.5 Å². The van der Waals surface area contributed by atoms with Gasteiger partial charge in [0.25, 0.3) is 0 Å². The minimum atomic E-state index is -1.30. The van der Waals surface area contributed by atoms with E-state index in [4.69, 9.17) is 24.2 Å². The van der Waals surface area contributed by atoms with Gasteiger partial charge < -0.3 is 24.4 Å². The van der Waals surface area contributed by atoms with Crippen molar-refractivity contribution < 1.29 is 24.4 Å². The van der Waals surface area contributed by atoms with E-state index in [2.05, 4.69) is 96.7 Å². The lowest BCUT2D eigenvalue weighted by Crippen LogP contribution is -2.53. The van der Waals surface area contributed by atoms with E-state index in [-0.39, 0.29) is 11.5 Å². The van der Waals surface area contributed by atoms with Crippen LogP contribution in [0, 0.1) is 39.5 Å². The summed E-state index contributed by atoms with van der Waals surface area (Å²) in [4.78, 5) is 13.2. The van der Waals surface area contributed by atoms with Crippen LogP contribution >= 0.6 is 0 Å². The maximum Gasteiger partial charge on any atom is 0.192 e. The fourth-order valence-corrected chi connectivity index (χ4v) is 8.54. The Morgan fingerprint density at radius 3 is 1.65 bits per heavy atom. The molecular formula is C54H67N3O5. The third kappa shape index (κ3) is 10.1. The standard InChI is InChI=1S/C54H67N3O5/c1-10-14-16-40(12-3)34-61-44-24-26-46(50(58)32-44)52-55-53(47-27-25-45(33-51(47)59)62-35-41(13-4)17-15-11-2)57(49-29-19-37(6)31-39(49)8)54(56-52,42-20-22-43(60-9)23-21-42)48-28-18-36(5)30-38(48)7/h18-33,40-41,58-59H,10-17,34-35H2,1-9H3. The molecule has 5 aromatic carbocycles. The van der Waals surface area contributed by atoms with Gasteiger partial charge in [0.1, 0.15) is 34.6 Å². The van der Waals surface area contributed by atoms with Gasteiger partial charge in [-0.15, -0.1) is 0 Å². The van der Waals surface area contributed by atoms with Crippen LogP contribution in [-0.2, 0) is 5.66 Å². The van der Waals surface area contributed by atoms with E-state index in [1.165, 1.54) is 0 Å². The highest BCUT2D eigenvalue weighted by molar-refractivity contribution is 6.22. The highest BCUT2D eigenvalue weighted by Gasteiger charge is 2.48. The number of aromatic hydroxyl groups is 2. The van der Waals surface area contributed by atoms with Crippen LogP contribution in [0.3, 0.4) is 0 Å². The van der Waals surface area contributed by atoms with Crippen LogP contribution in [0.25, 0.3) is 0 Å². The zero-order valence-corrected chi connectivity index (χ0v) is 38.4. The van der Waals surface area contributed by atoms with Gasteiger partial charge in [-0.05, 0) is 106 Å². The topological polar surface area (TPSA) is 96.1 Å². The first-order chi connectivity index (χ1) is 29.9. The van der Waals surface area contributed by atoms with Gasteiger partial charge in [-0.25, -0.2) is 9.98 Å². The Balaban J connectivity index is 1.61. The van der Waals surface area contributed by atoms with E-state index >= 15 is 0 Å². The van der Waals surface area contributed by atoms with Crippen LogP contribution in [0.2, 0.25) is 0 Å². The molecular weight excluding hydrogens is 771 g/mol. The van der Waals surface area contributed by atoms with Crippen molar-refractivity contribution >= 4 is 17.4 Å². The van der Waals surface area contributed by atoms with E-state index in [1.54, 1.807) is 19.2 Å². The van der Waals surface area contributed by atoms with E-state index < -0.39 is 5.66 Å². The number of hydrogen-bond acceptors (Lipinski definition) is 8. The third-order valence-electron chi connectivity index (χ3n) is 12.3. The molecule has 5 aromatic rings. The van der Waals surface area contributed by atoms with Gasteiger partial charge >= 0.3 is 0 Å². The SMILES string of the molecule is CCCCC(CC)COc1ccc(C2=NC(c3ccc(OC)cc3)(c3ccc(C)cc3C)N(c3ccc(C)cc3C)C(c3ccc(OCC(CC)CCCC)cc3O)=N2)c(O)c1. The van der Waals surface area contributed by atoms with E-state index in [9.17, 15) is 10.2 Å². The molecule has 1 heterocycles. The van der Waals surface area contributed by atoms with Crippen molar-refractivity contribution in [2.45, 2.75) is 112 Å². The predicted molar refractivity (Wildman–Crippen MR) is 255 cm³/mol. The number of benzene rings is 5. The Morgan fingerprint density at radius 2 is 1.15 bits per heavy atom. The lowest BCUT2D eigenvalue weighted by atomic mass is 9.84. The van der Waals surface area contributed by atoms with Crippen LogP contribution < -0.4 is 19.1 Å². The molecule has 3 atom stereocenters. The molecule has 8 heteroatoms. The monoisotopic (exact) mass is 838 g/mol. The van der Waals surface area contributed by atoms with Gasteiger partial charge in [0.2, 0.25) is 0 Å². The molecule has 0 aliphatic carbocycles. The first-order valence-electron chi connectivity index (χ1n) is 22.7. The third-order valence-corrected chi connectivity index (χ3v) is 12.3. The predicted octanol–water partition coefficient (Wildman–Crippen LogP) is 13.1. The summed E-state index contributed by atoms with van der Waals surface area (Å²) in [6, 6.07) is 31.6. The molecule has 1 aliphatic rings. The van der Waals surface area contributed by atoms with Crippen molar-refractivity contribution in [2.75, 3.05) is 25.2 Å². The van der Waals surface area contributed by atoms with Crippen molar-refractivity contribution in [3.05, 3.63) is 142 Å². The number of anilines is 1. The molecule has 0 saturated heterocycles. The Bertz CT molecular complexity index is 2350. The van der Waals surface area contributed by atoms with Gasteiger partial charge in [-0.2, -0.15) is 0 Å². The summed E-state index contributed by atoms with van der Waals surface area (Å²) in [6.45, 7) is 18.3. The van der Waals surface area contributed by atoms with Crippen molar-refractivity contribution in [3.63, 3.8) is 0 Å². The number of amidine groups is 2. The maximum absolute atomic E-state index is 12.2. The van der Waals surface area contributed by atoms with Gasteiger partial charge in [-0.3, -0.25) is 4.90 Å². The quantitative estimate of drug-likeness (QED) is 0.0810. The number of aryl methyl sites for hydroxylation is 4. The molecule has 62 heavy (non-hydrogen) atoms. The number of methoxy groups -OCH3 is 1. The number of ether oxygens (including phenoxy) is 3. The molecule has 3 unspecified atom stereocenters. The fourth-order valence-electron chi connectivity index (χ4n) is 8.54. The maximum atomic E-state index is 12.2. The number of phenolic OH excluding ortho intramolecular Hbond substituents is 2. The molecule has 0 bridgehead atoms. The second kappa shape index (κ2) is 20.9. The molecule has 0 amide bonds. The van der Waals surface area contributed by atoms with Gasteiger partial charge in [-0.1, -0.05) is 120 Å². The van der Waals surface area contributed by atoms with Gasteiger partial charge in [0.15, 0.2) is 11.5 Å². The summed E-state index contributed by atoms with van der Waals surface area (Å²) in [5, 5.41) is 24.1. The molecule has 0 radical (unpaired) electrons. The van der Waals surface area contributed by atoms with Gasteiger partial charge in [0, 0.05) is 28.9 Å². The highest BCUT2D eigenvalue weighted by Crippen LogP contribution is 2.48. The summed E-state index contributed by atoms with van der Waals surface area (Å²) >= 11 is 0. The Hall–Kier alpha value is -5.76. The summed E-state index contributed by atoms with van der Waals surface area (Å²) in [5.41, 5.74) is 6.48. The molecule has 6 rings (SSSR count). The van der Waals surface area contributed by atoms with Crippen molar-refractivity contribution in [1.82, 2.24) is 0 Å². The van der Waals surface area contributed by atoms with Crippen LogP contribution in [0.5, 0.6) is 28.7 Å². The number of rotatable bonds is 20. The van der Waals surface area contributed by atoms with E-state index in [0.29, 0.717) is 65.1 Å². The van der Waals surface area contributed by atoms with Crippen molar-refractivity contribution in [3.8, 4) is 28.7 Å². The Labute approximate surface area is 370 Å². The second-order valence-corrected chi connectivity index (χ2v) is 17.0. The smallest absolute Gasteiger partial charge is 0.192 e. The largest absolute Gasteiger partial charge is 0.507 e. The van der Waals surface area contributed by atoms with Crippen LogP contribution in [0.4, 0.5) is 5.69 Å². The second-order valence-electron chi connectivity index (χ2n) is 17.0. The summed E-state index contributed by atoms with van der Waals surface area (Å²) < 4.78 is 18.3. The van der Waals surface area contributed by atoms with Crippen molar-refractivity contribution in [2.24, 2.45) is 21.8 Å². The molecule has 0 fully saturated rings. The Kier molecular flexibility index (Phi) is 15.4. The first-order valence-corrected chi connectivity index (χ1v) is 22.7. The number of hydrogen-bond donors (Lipinski definition) is 2. The fraction of sp³-hybridized carbons (Fsp3) is 0.407. The van der Waals surface area contributed by atoms with Crippen LogP contribution in [0.1, 0.15) is 124 Å². The Morgan fingerprint density at radius 1 is 0.613 bits per heavy atom. The number of phenols is 2. The zero-order chi connectivity index (χ0) is 44.4. The molecule has 0 aromatic heterocycles. The molecule has 1 aliphatic heterocycles. The average Bonchev–Trinajstić information content (AvgIpc) is 3.26. The van der Waals surface area contributed by atoms with E-state index in [1.807, 2.05) is 48.5 Å². The number of unbranched alkanes of at least 4 members (excludes halogenated alkanes) is 2. The average molecular weight is 838 g/mol. The minimum absolute atomic E-state index is 0.00305. The van der Waals surface area contributed by atoms with Crippen LogP contribution in [-0.4, -0.2) is 42.2 Å². The summed E-state index contributed by atoms with van der Waals surface area (Å²) in [5.74, 6) is 3.52. The van der Waals surface area contributed by atoms with Crippen molar-refractivity contribution in [1.29, 1.82) is 0 Å². The lowest BCUT2D eigenvalue weighted by molar-refractivity contribution is 0.232. The summed E-state index contributed by atoms with van der Waals surface area (Å²) in [6.07, 6.45) is 8.86. The van der Waals surface area contributed by atoms with E-state index in [0.717, 1.165) is 90.4 Å². The first kappa shape index (κ1) is 45.8. The lowest BCUT2D eigenvalue weighted by Gasteiger charge is -2.47. The minimum Gasteiger partial charge on any atom is -0.507 e.